The molecule has 0 fully saturated rings. The van der Waals surface area contributed by atoms with Crippen molar-refractivity contribution < 1.29 is 29.2 Å². The minimum absolute atomic E-state index is 0.0505. The lowest BCUT2D eigenvalue weighted by atomic mass is 10.2. The van der Waals surface area contributed by atoms with Crippen LogP contribution in [0.4, 0.5) is 22.7 Å². The highest BCUT2D eigenvalue weighted by atomic mass is 16.6. The van der Waals surface area contributed by atoms with Crippen LogP contribution in [0.5, 0.6) is 23.0 Å². The second-order valence-electron chi connectivity index (χ2n) is 6.01. The zero-order chi connectivity index (χ0) is 23.4. The van der Waals surface area contributed by atoms with E-state index in [0.29, 0.717) is 0 Å². The summed E-state index contributed by atoms with van der Waals surface area (Å²) in [7, 11) is 0. The topological polar surface area (TPSA) is 191 Å². The largest absolute Gasteiger partial charge is 0.457 e. The molecule has 0 atom stereocenters. The SMILES string of the molecule is O=[N+]([O-])c1ccc(Oc2cccc(Oc3ccc([N+](=O)[O-])c([N+](=O)[O-])c3)c2)cc1[N+](=O)[O-]. The van der Waals surface area contributed by atoms with Gasteiger partial charge in [-0.3, -0.25) is 40.5 Å². The van der Waals surface area contributed by atoms with Crippen LogP contribution < -0.4 is 9.47 Å². The fourth-order valence-electron chi connectivity index (χ4n) is 2.61. The van der Waals surface area contributed by atoms with Crippen molar-refractivity contribution in [2.75, 3.05) is 0 Å². The molecule has 0 aliphatic heterocycles. The molecular weight excluding hydrogens is 432 g/mol. The minimum Gasteiger partial charge on any atom is -0.457 e. The predicted molar refractivity (Wildman–Crippen MR) is 106 cm³/mol. The third-order valence-electron chi connectivity index (χ3n) is 3.96. The Kier molecular flexibility index (Phi) is 5.86. The number of hydrogen-bond acceptors (Lipinski definition) is 10. The second-order valence-corrected chi connectivity index (χ2v) is 6.01. The van der Waals surface area contributed by atoms with Gasteiger partial charge in [0.25, 0.3) is 0 Å². The predicted octanol–water partition coefficient (Wildman–Crippen LogP) is 4.90. The summed E-state index contributed by atoms with van der Waals surface area (Å²) in [6.45, 7) is 0. The van der Waals surface area contributed by atoms with Crippen molar-refractivity contribution in [1.29, 1.82) is 0 Å². The lowest BCUT2D eigenvalue weighted by Gasteiger charge is -2.09. The molecule has 14 heteroatoms. The molecule has 0 N–H and O–H groups in total. The molecule has 0 bridgehead atoms. The van der Waals surface area contributed by atoms with Gasteiger partial charge in [-0.2, -0.15) is 0 Å². The van der Waals surface area contributed by atoms with E-state index in [1.165, 1.54) is 36.4 Å². The first-order valence-corrected chi connectivity index (χ1v) is 8.47. The maximum absolute atomic E-state index is 11.1. The van der Waals surface area contributed by atoms with Gasteiger partial charge in [0.05, 0.1) is 31.8 Å². The van der Waals surface area contributed by atoms with Crippen LogP contribution in [0.2, 0.25) is 0 Å². The number of rotatable bonds is 8. The first kappa shape index (κ1) is 21.6. The normalized spacial score (nSPS) is 10.2. The summed E-state index contributed by atoms with van der Waals surface area (Å²) in [5.41, 5.74) is -2.89. The van der Waals surface area contributed by atoms with Crippen molar-refractivity contribution in [3.8, 4) is 23.0 Å². The van der Waals surface area contributed by atoms with Crippen molar-refractivity contribution in [2.24, 2.45) is 0 Å². The van der Waals surface area contributed by atoms with E-state index < -0.39 is 42.4 Å². The van der Waals surface area contributed by atoms with Crippen LogP contribution >= 0.6 is 0 Å². The van der Waals surface area contributed by atoms with Gasteiger partial charge in [0.2, 0.25) is 0 Å². The molecule has 0 saturated heterocycles. The molecule has 162 valence electrons. The number of ether oxygens (including phenoxy) is 2. The number of hydrogen-bond donors (Lipinski definition) is 0. The van der Waals surface area contributed by atoms with E-state index in [4.69, 9.17) is 9.47 Å². The molecule has 3 aromatic carbocycles. The van der Waals surface area contributed by atoms with Gasteiger partial charge in [0, 0.05) is 18.2 Å². The first-order valence-electron chi connectivity index (χ1n) is 8.47. The van der Waals surface area contributed by atoms with Gasteiger partial charge >= 0.3 is 22.7 Å². The average molecular weight is 442 g/mol. The molecule has 0 aliphatic carbocycles. The summed E-state index contributed by atoms with van der Waals surface area (Å²) in [4.78, 5) is 40.3. The monoisotopic (exact) mass is 442 g/mol. The van der Waals surface area contributed by atoms with Crippen molar-refractivity contribution in [1.82, 2.24) is 0 Å². The molecule has 14 nitrogen and oxygen atoms in total. The fourth-order valence-corrected chi connectivity index (χ4v) is 2.61. The molecule has 3 rings (SSSR count). The first-order chi connectivity index (χ1) is 15.2. The Hall–Kier alpha value is -5.14. The van der Waals surface area contributed by atoms with Crippen molar-refractivity contribution in [3.05, 3.63) is 101 Å². The number of benzene rings is 3. The molecule has 0 aliphatic rings. The van der Waals surface area contributed by atoms with Crippen molar-refractivity contribution >= 4 is 22.7 Å². The fraction of sp³-hybridized carbons (Fsp3) is 0. The summed E-state index contributed by atoms with van der Waals surface area (Å²) in [6.07, 6.45) is 0. The molecule has 3 aromatic rings. The minimum atomic E-state index is -0.911. The summed E-state index contributed by atoms with van der Waals surface area (Å²) in [6, 6.07) is 11.8. The van der Waals surface area contributed by atoms with E-state index in [1.54, 1.807) is 0 Å². The Labute approximate surface area is 176 Å². The third-order valence-corrected chi connectivity index (χ3v) is 3.96. The Morgan fingerprint density at radius 1 is 0.469 bits per heavy atom. The van der Waals surface area contributed by atoms with Gasteiger partial charge < -0.3 is 9.47 Å². The highest BCUT2D eigenvalue weighted by Gasteiger charge is 2.26. The lowest BCUT2D eigenvalue weighted by Crippen LogP contribution is -1.97. The average Bonchev–Trinajstić information content (AvgIpc) is 2.73. The molecule has 32 heavy (non-hydrogen) atoms. The number of nitro benzene ring substituents is 4. The highest BCUT2D eigenvalue weighted by Crippen LogP contribution is 2.36. The van der Waals surface area contributed by atoms with Gasteiger partial charge in [-0.15, -0.1) is 0 Å². The van der Waals surface area contributed by atoms with Crippen molar-refractivity contribution in [2.45, 2.75) is 0 Å². The summed E-state index contributed by atoms with van der Waals surface area (Å²) >= 11 is 0. The van der Waals surface area contributed by atoms with Gasteiger partial charge in [0.1, 0.15) is 23.0 Å². The van der Waals surface area contributed by atoms with Crippen LogP contribution in [0.15, 0.2) is 60.7 Å². The van der Waals surface area contributed by atoms with E-state index in [0.717, 1.165) is 24.3 Å². The molecule has 0 heterocycles. The van der Waals surface area contributed by atoms with Crippen LogP contribution in [0.3, 0.4) is 0 Å². The standard InChI is InChI=1S/C18H10N4O10/c23-19(24)15-6-4-13(9-17(15)21(27)28)31-11-2-1-3-12(8-11)32-14-5-7-16(20(25)26)18(10-14)22(29)30/h1-10H. The number of nitro groups is 4. The van der Waals surface area contributed by atoms with E-state index in [-0.39, 0.29) is 23.0 Å². The molecular formula is C18H10N4O10. The Morgan fingerprint density at radius 2 is 0.812 bits per heavy atom. The lowest BCUT2D eigenvalue weighted by molar-refractivity contribution is -0.422. The van der Waals surface area contributed by atoms with Gasteiger partial charge in [-0.25, -0.2) is 0 Å². The van der Waals surface area contributed by atoms with Crippen molar-refractivity contribution in [3.63, 3.8) is 0 Å². The van der Waals surface area contributed by atoms with E-state index >= 15 is 0 Å². The van der Waals surface area contributed by atoms with Gasteiger partial charge in [-0.1, -0.05) is 6.07 Å². The zero-order valence-corrected chi connectivity index (χ0v) is 15.6. The highest BCUT2D eigenvalue weighted by molar-refractivity contribution is 5.57. The Bertz CT molecular complexity index is 1170. The summed E-state index contributed by atoms with van der Waals surface area (Å²) in [5.74, 6) is 0.181. The molecule has 0 radical (unpaired) electrons. The Balaban J connectivity index is 1.85. The van der Waals surface area contributed by atoms with Gasteiger partial charge in [-0.05, 0) is 24.3 Å². The zero-order valence-electron chi connectivity index (χ0n) is 15.6. The van der Waals surface area contributed by atoms with Crippen LogP contribution in [-0.2, 0) is 0 Å². The summed E-state index contributed by atoms with van der Waals surface area (Å²) in [5, 5.41) is 43.9. The second kappa shape index (κ2) is 8.70. The molecule has 0 saturated carbocycles. The summed E-state index contributed by atoms with van der Waals surface area (Å²) < 4.78 is 11.0. The van der Waals surface area contributed by atoms with E-state index in [9.17, 15) is 40.5 Å². The third kappa shape index (κ3) is 4.70. The Morgan fingerprint density at radius 3 is 1.16 bits per heavy atom. The molecule has 0 unspecified atom stereocenters. The van der Waals surface area contributed by atoms with Crippen LogP contribution in [0, 0.1) is 40.5 Å². The van der Waals surface area contributed by atoms with E-state index in [1.807, 2.05) is 0 Å². The number of nitrogens with zero attached hydrogens (tertiary/aromatic N) is 4. The molecule has 0 spiro atoms. The van der Waals surface area contributed by atoms with Crippen LogP contribution in [0.25, 0.3) is 0 Å². The quantitative estimate of drug-likeness (QED) is 0.342. The molecule has 0 amide bonds. The maximum Gasteiger partial charge on any atom is 0.349 e. The van der Waals surface area contributed by atoms with Crippen LogP contribution in [0.1, 0.15) is 0 Å². The van der Waals surface area contributed by atoms with E-state index in [2.05, 4.69) is 0 Å². The smallest absolute Gasteiger partial charge is 0.349 e. The van der Waals surface area contributed by atoms with Crippen LogP contribution in [-0.4, -0.2) is 19.7 Å². The maximum atomic E-state index is 11.1. The molecule has 0 aromatic heterocycles. The van der Waals surface area contributed by atoms with Gasteiger partial charge in [0.15, 0.2) is 0 Å².